The summed E-state index contributed by atoms with van der Waals surface area (Å²) in [6, 6.07) is 11.3. The molecule has 118 valence electrons. The van der Waals surface area contributed by atoms with Crippen LogP contribution in [0.3, 0.4) is 0 Å². The molecule has 2 N–H and O–H groups in total. The number of hydrogen-bond acceptors (Lipinski definition) is 3. The Morgan fingerprint density at radius 1 is 1.27 bits per heavy atom. The van der Waals surface area contributed by atoms with Gasteiger partial charge in [0, 0.05) is 6.42 Å². The molecule has 1 amide bonds. The van der Waals surface area contributed by atoms with Crippen LogP contribution in [0.15, 0.2) is 47.1 Å². The van der Waals surface area contributed by atoms with Gasteiger partial charge in [-0.3, -0.25) is 4.79 Å². The van der Waals surface area contributed by atoms with Crippen molar-refractivity contribution in [1.29, 1.82) is 0 Å². The number of rotatable bonds is 7. The highest BCUT2D eigenvalue weighted by atomic mass is 16.3. The Morgan fingerprint density at radius 3 is 2.55 bits per heavy atom. The normalized spacial score (nSPS) is 13.6. The lowest BCUT2D eigenvalue weighted by atomic mass is 9.96. The lowest BCUT2D eigenvalue weighted by molar-refractivity contribution is -0.122. The van der Waals surface area contributed by atoms with Crippen molar-refractivity contribution in [3.8, 4) is 0 Å². The number of furan rings is 1. The van der Waals surface area contributed by atoms with Crippen LogP contribution in [-0.4, -0.2) is 17.6 Å². The van der Waals surface area contributed by atoms with Crippen LogP contribution in [-0.2, 0) is 11.2 Å². The van der Waals surface area contributed by atoms with Crippen molar-refractivity contribution in [1.82, 2.24) is 5.32 Å². The van der Waals surface area contributed by atoms with E-state index < -0.39 is 6.04 Å². The van der Waals surface area contributed by atoms with E-state index in [2.05, 4.69) is 36.5 Å². The Bertz CT molecular complexity index is 575. The first-order valence-corrected chi connectivity index (χ1v) is 7.66. The van der Waals surface area contributed by atoms with Crippen molar-refractivity contribution in [2.45, 2.75) is 38.6 Å². The monoisotopic (exact) mass is 301 g/mol. The van der Waals surface area contributed by atoms with E-state index in [0.717, 1.165) is 12.0 Å². The Hall–Kier alpha value is -2.07. The fraction of sp³-hybridized carbons (Fsp3) is 0.389. The minimum atomic E-state index is -0.489. The molecule has 2 aromatic rings. The minimum Gasteiger partial charge on any atom is -0.467 e. The lowest BCUT2D eigenvalue weighted by Crippen LogP contribution is -2.31. The molecule has 1 aromatic carbocycles. The summed E-state index contributed by atoms with van der Waals surface area (Å²) < 4.78 is 5.23. The zero-order chi connectivity index (χ0) is 15.9. The van der Waals surface area contributed by atoms with Gasteiger partial charge in [0.2, 0.25) is 5.91 Å². The largest absolute Gasteiger partial charge is 0.467 e. The Labute approximate surface area is 131 Å². The summed E-state index contributed by atoms with van der Waals surface area (Å²) in [5.41, 5.74) is 2.43. The van der Waals surface area contributed by atoms with Gasteiger partial charge in [0.05, 0.1) is 12.9 Å². The van der Waals surface area contributed by atoms with Gasteiger partial charge in [-0.25, -0.2) is 0 Å². The van der Waals surface area contributed by atoms with Gasteiger partial charge in [-0.1, -0.05) is 38.1 Å². The van der Waals surface area contributed by atoms with Crippen LogP contribution >= 0.6 is 0 Å². The lowest BCUT2D eigenvalue weighted by Gasteiger charge is -2.17. The number of aliphatic hydroxyl groups is 1. The molecule has 0 aliphatic carbocycles. The molecule has 22 heavy (non-hydrogen) atoms. The van der Waals surface area contributed by atoms with Crippen molar-refractivity contribution in [2.75, 3.05) is 6.61 Å². The van der Waals surface area contributed by atoms with E-state index in [9.17, 15) is 9.90 Å². The molecule has 4 nitrogen and oxygen atoms in total. The molecule has 2 unspecified atom stereocenters. The standard InChI is InChI=1S/C18H23NO3/c1-3-14-6-8-15(9-7-14)13(2)11-18(21)19-16(12-20)17-5-4-10-22-17/h4-10,13,16,20H,3,11-12H2,1-2H3,(H,19,21). The molecule has 1 aromatic heterocycles. The van der Waals surface area contributed by atoms with Crippen molar-refractivity contribution >= 4 is 5.91 Å². The number of aliphatic hydroxyl groups excluding tert-OH is 1. The number of amides is 1. The van der Waals surface area contributed by atoms with Crippen LogP contribution in [0, 0.1) is 0 Å². The van der Waals surface area contributed by atoms with Crippen molar-refractivity contribution in [2.24, 2.45) is 0 Å². The molecule has 0 saturated heterocycles. The van der Waals surface area contributed by atoms with Gasteiger partial charge in [0.25, 0.3) is 0 Å². The first kappa shape index (κ1) is 16.3. The van der Waals surface area contributed by atoms with E-state index in [-0.39, 0.29) is 18.4 Å². The van der Waals surface area contributed by atoms with Crippen LogP contribution in [0.1, 0.15) is 49.1 Å². The summed E-state index contributed by atoms with van der Waals surface area (Å²) >= 11 is 0. The first-order valence-electron chi connectivity index (χ1n) is 7.66. The molecule has 2 atom stereocenters. The van der Waals surface area contributed by atoms with Crippen LogP contribution in [0.25, 0.3) is 0 Å². The predicted octanol–water partition coefficient (Wildman–Crippen LogP) is 3.19. The van der Waals surface area contributed by atoms with Gasteiger partial charge in [-0.15, -0.1) is 0 Å². The molecule has 0 aliphatic rings. The van der Waals surface area contributed by atoms with Crippen LogP contribution in [0.4, 0.5) is 0 Å². The number of carbonyl (C=O) groups is 1. The molecule has 0 aliphatic heterocycles. The molecular weight excluding hydrogens is 278 g/mol. The SMILES string of the molecule is CCc1ccc(C(C)CC(=O)NC(CO)c2ccco2)cc1. The molecule has 0 spiro atoms. The van der Waals surface area contributed by atoms with Crippen LogP contribution in [0.2, 0.25) is 0 Å². The molecule has 4 heteroatoms. The Kier molecular flexibility index (Phi) is 5.78. The zero-order valence-electron chi connectivity index (χ0n) is 13.1. The van der Waals surface area contributed by atoms with E-state index in [4.69, 9.17) is 4.42 Å². The smallest absolute Gasteiger partial charge is 0.221 e. The van der Waals surface area contributed by atoms with Gasteiger partial charge < -0.3 is 14.8 Å². The predicted molar refractivity (Wildman–Crippen MR) is 85.5 cm³/mol. The fourth-order valence-corrected chi connectivity index (χ4v) is 2.43. The van der Waals surface area contributed by atoms with Crippen molar-refractivity contribution in [3.63, 3.8) is 0 Å². The second kappa shape index (κ2) is 7.80. The van der Waals surface area contributed by atoms with E-state index in [1.807, 2.05) is 6.92 Å². The van der Waals surface area contributed by atoms with E-state index in [1.165, 1.54) is 11.8 Å². The molecule has 0 radical (unpaired) electrons. The maximum absolute atomic E-state index is 12.2. The maximum atomic E-state index is 12.2. The number of aryl methyl sites for hydroxylation is 1. The summed E-state index contributed by atoms with van der Waals surface area (Å²) in [5, 5.41) is 12.2. The maximum Gasteiger partial charge on any atom is 0.221 e. The molecule has 0 bridgehead atoms. The van der Waals surface area contributed by atoms with E-state index in [0.29, 0.717) is 12.2 Å². The topological polar surface area (TPSA) is 62.5 Å². The summed E-state index contributed by atoms with van der Waals surface area (Å²) in [6.07, 6.45) is 2.92. The first-order chi connectivity index (χ1) is 10.6. The number of nitrogens with one attached hydrogen (secondary N) is 1. The van der Waals surface area contributed by atoms with Crippen LogP contribution in [0.5, 0.6) is 0 Å². The molecule has 2 rings (SSSR count). The highest BCUT2D eigenvalue weighted by Crippen LogP contribution is 2.21. The van der Waals surface area contributed by atoms with Gasteiger partial charge in [-0.2, -0.15) is 0 Å². The van der Waals surface area contributed by atoms with Gasteiger partial charge in [0.1, 0.15) is 11.8 Å². The number of carbonyl (C=O) groups excluding carboxylic acids is 1. The Balaban J connectivity index is 1.92. The summed E-state index contributed by atoms with van der Waals surface area (Å²) in [5.74, 6) is 0.597. The average Bonchev–Trinajstić information content (AvgIpc) is 3.06. The third-order valence-corrected chi connectivity index (χ3v) is 3.85. The highest BCUT2D eigenvalue weighted by Gasteiger charge is 2.18. The second-order valence-corrected chi connectivity index (χ2v) is 5.52. The molecular formula is C18H23NO3. The Morgan fingerprint density at radius 2 is 2.00 bits per heavy atom. The molecule has 0 fully saturated rings. The van der Waals surface area contributed by atoms with Gasteiger partial charge in [0.15, 0.2) is 0 Å². The second-order valence-electron chi connectivity index (χ2n) is 5.52. The summed E-state index contributed by atoms with van der Waals surface area (Å²) in [7, 11) is 0. The number of hydrogen-bond donors (Lipinski definition) is 2. The molecule has 1 heterocycles. The number of benzene rings is 1. The molecule has 0 saturated carbocycles. The van der Waals surface area contributed by atoms with Crippen molar-refractivity contribution < 1.29 is 14.3 Å². The minimum absolute atomic E-state index is 0.0949. The third-order valence-electron chi connectivity index (χ3n) is 3.85. The van der Waals surface area contributed by atoms with Gasteiger partial charge >= 0.3 is 0 Å². The summed E-state index contributed by atoms with van der Waals surface area (Å²) in [4.78, 5) is 12.2. The quantitative estimate of drug-likeness (QED) is 0.825. The van der Waals surface area contributed by atoms with Crippen molar-refractivity contribution in [3.05, 3.63) is 59.5 Å². The van der Waals surface area contributed by atoms with E-state index in [1.54, 1.807) is 12.1 Å². The van der Waals surface area contributed by atoms with E-state index >= 15 is 0 Å². The van der Waals surface area contributed by atoms with Crippen LogP contribution < -0.4 is 5.32 Å². The summed E-state index contributed by atoms with van der Waals surface area (Å²) in [6.45, 7) is 3.97. The third kappa shape index (κ3) is 4.21. The zero-order valence-corrected chi connectivity index (χ0v) is 13.1. The average molecular weight is 301 g/mol. The highest BCUT2D eigenvalue weighted by molar-refractivity contribution is 5.77. The van der Waals surface area contributed by atoms with Gasteiger partial charge in [-0.05, 0) is 35.6 Å². The fourth-order valence-electron chi connectivity index (χ4n) is 2.43.